The van der Waals surface area contributed by atoms with Crippen LogP contribution in [-0.4, -0.2) is 75.9 Å². The van der Waals surface area contributed by atoms with E-state index in [1.807, 2.05) is 152 Å². The average molecular weight is 1040 g/mol. The van der Waals surface area contributed by atoms with Gasteiger partial charge < -0.3 is 19.6 Å². The second kappa shape index (κ2) is 22.1. The Balaban J connectivity index is 1.14. The van der Waals surface area contributed by atoms with Gasteiger partial charge in [0, 0.05) is 34.0 Å². The fourth-order valence-electron chi connectivity index (χ4n) is 7.98. The maximum atomic E-state index is 15.4. The minimum atomic E-state index is -1.39. The molecule has 5 aromatic carbocycles. The number of oxime groups is 1. The van der Waals surface area contributed by atoms with Crippen molar-refractivity contribution in [3.8, 4) is 0 Å². The van der Waals surface area contributed by atoms with E-state index in [-0.39, 0.29) is 34.6 Å². The number of esters is 1. The molecule has 2 atom stereocenters. The predicted molar refractivity (Wildman–Crippen MR) is 281 cm³/mol. The van der Waals surface area contributed by atoms with Crippen LogP contribution in [-0.2, 0) is 41.3 Å². The molecular weight excluding hydrogens is 989 g/mol. The molecule has 1 unspecified atom stereocenters. The number of ether oxygens (including phenoxy) is 2. The number of hydrogen-bond donors (Lipinski definition) is 2. The Hall–Kier alpha value is -7.19. The monoisotopic (exact) mass is 1040 g/mol. The van der Waals surface area contributed by atoms with Gasteiger partial charge in [0.05, 0.1) is 23.1 Å². The quantitative estimate of drug-likeness (QED) is 0.0168. The Bertz CT molecular complexity index is 2960. The van der Waals surface area contributed by atoms with Crippen LogP contribution in [0.4, 0.5) is 9.93 Å². The van der Waals surface area contributed by atoms with Gasteiger partial charge in [0.25, 0.3) is 5.91 Å². The summed E-state index contributed by atoms with van der Waals surface area (Å²) in [5.41, 5.74) is 1.32. The van der Waals surface area contributed by atoms with Gasteiger partial charge in [-0.3, -0.25) is 24.5 Å². The lowest BCUT2D eigenvalue weighted by Gasteiger charge is -2.47. The molecule has 19 heteroatoms. The molecule has 2 aliphatic heterocycles. The zero-order chi connectivity index (χ0) is 50.2. The van der Waals surface area contributed by atoms with Crippen molar-refractivity contribution < 1.29 is 33.5 Å². The molecule has 0 spiro atoms. The minimum Gasteiger partial charge on any atom is -0.448 e. The predicted octanol–water partition coefficient (Wildman–Crippen LogP) is 10.1. The number of carbonyl (C=O) groups is 4. The number of fused-ring (bicyclic) bond motifs is 1. The number of anilines is 1. The van der Waals surface area contributed by atoms with E-state index in [1.165, 1.54) is 40.2 Å². The van der Waals surface area contributed by atoms with Gasteiger partial charge in [-0.1, -0.05) is 174 Å². The van der Waals surface area contributed by atoms with E-state index in [2.05, 4.69) is 25.9 Å². The Morgan fingerprint density at radius 3 is 1.88 bits per heavy atom. The van der Waals surface area contributed by atoms with Crippen molar-refractivity contribution in [2.24, 2.45) is 12.2 Å². The summed E-state index contributed by atoms with van der Waals surface area (Å²) >= 11 is 5.02. The summed E-state index contributed by atoms with van der Waals surface area (Å²) in [4.78, 5) is 70.3. The molecule has 366 valence electrons. The van der Waals surface area contributed by atoms with Crippen molar-refractivity contribution in [3.05, 3.63) is 207 Å². The first kappa shape index (κ1) is 49.8. The molecule has 2 aromatic heterocycles. The van der Waals surface area contributed by atoms with Crippen molar-refractivity contribution in [2.45, 2.75) is 60.3 Å². The number of aryl methyl sites for hydroxylation is 1. The normalized spacial score (nSPS) is 15.9. The van der Waals surface area contributed by atoms with E-state index < -0.39 is 46.0 Å². The Labute approximate surface area is 432 Å². The number of amides is 3. The highest BCUT2D eigenvalue weighted by Gasteiger charge is 2.50. The van der Waals surface area contributed by atoms with Crippen LogP contribution in [0.1, 0.15) is 66.8 Å². The summed E-state index contributed by atoms with van der Waals surface area (Å²) in [6.07, 6.45) is 0.328. The maximum absolute atomic E-state index is 15.4. The van der Waals surface area contributed by atoms with Gasteiger partial charge in [0.2, 0.25) is 11.5 Å². The maximum Gasteiger partial charge on any atom is 0.413 e. The summed E-state index contributed by atoms with van der Waals surface area (Å²) in [6.45, 7) is 5.24. The fourth-order valence-corrected chi connectivity index (χ4v) is 12.4. The molecule has 3 amide bonds. The number of aromatic nitrogens is 4. The van der Waals surface area contributed by atoms with E-state index >= 15 is 4.79 Å². The molecule has 7 aromatic rings. The smallest absolute Gasteiger partial charge is 0.413 e. The number of nitrogens with zero attached hydrogens (tertiary/aromatic N) is 6. The summed E-state index contributed by atoms with van der Waals surface area (Å²) in [5, 5.41) is 20.1. The van der Waals surface area contributed by atoms with E-state index in [0.29, 0.717) is 15.0 Å². The lowest BCUT2D eigenvalue weighted by molar-refractivity contribution is -0.151. The van der Waals surface area contributed by atoms with Gasteiger partial charge >= 0.3 is 12.1 Å². The first-order chi connectivity index (χ1) is 34.9. The first-order valence-electron chi connectivity index (χ1n) is 22.7. The van der Waals surface area contributed by atoms with Crippen molar-refractivity contribution >= 4 is 81.3 Å². The molecule has 0 saturated carbocycles. The molecule has 1 fully saturated rings. The van der Waals surface area contributed by atoms with Gasteiger partial charge in [-0.05, 0) is 31.9 Å². The SMILES string of the molecule is Cn1cc(SCSC2=C(C(=O)OC(c3ccccc3)c3ccccc3)N3C(=O)C[C@H]3SC2NC(=O)/C(=N\OC(c2ccccc2)(c2ccccc2)c2ccccc2)c2csc(NC(=O)OC(C)(C)C)n2)nn1. The summed E-state index contributed by atoms with van der Waals surface area (Å²) < 4.78 is 13.5. The molecule has 0 bridgehead atoms. The third kappa shape index (κ3) is 11.3. The Kier molecular flexibility index (Phi) is 15.3. The highest BCUT2D eigenvalue weighted by Crippen LogP contribution is 2.48. The van der Waals surface area contributed by atoms with E-state index in [4.69, 9.17) is 19.5 Å². The minimum absolute atomic E-state index is 0.0189. The molecule has 0 aliphatic carbocycles. The molecule has 15 nitrogen and oxygen atoms in total. The first-order valence-corrected chi connectivity index (χ1v) is 26.5. The summed E-state index contributed by atoms with van der Waals surface area (Å²) in [7, 11) is 1.76. The van der Waals surface area contributed by atoms with E-state index in [1.54, 1.807) is 44.1 Å². The van der Waals surface area contributed by atoms with E-state index in [0.717, 1.165) is 39.2 Å². The molecule has 2 aliphatic rings. The Morgan fingerprint density at radius 1 is 0.806 bits per heavy atom. The van der Waals surface area contributed by atoms with E-state index in [9.17, 15) is 14.4 Å². The van der Waals surface area contributed by atoms with Crippen LogP contribution in [0.25, 0.3) is 0 Å². The zero-order valence-electron chi connectivity index (χ0n) is 39.4. The fraction of sp³-hybridized carbons (Fsp3) is 0.208. The van der Waals surface area contributed by atoms with Crippen LogP contribution in [0, 0.1) is 0 Å². The third-order valence-electron chi connectivity index (χ3n) is 11.2. The van der Waals surface area contributed by atoms with Crippen LogP contribution in [0.15, 0.2) is 184 Å². The molecule has 9 rings (SSSR count). The molecule has 1 saturated heterocycles. The highest BCUT2D eigenvalue weighted by atomic mass is 32.2. The number of hydrogen-bond acceptors (Lipinski definition) is 15. The van der Waals surface area contributed by atoms with Gasteiger partial charge in [0.1, 0.15) is 27.4 Å². The molecule has 72 heavy (non-hydrogen) atoms. The second-order valence-corrected chi connectivity index (χ2v) is 21.9. The highest BCUT2D eigenvalue weighted by molar-refractivity contribution is 8.18. The molecule has 2 N–H and O–H groups in total. The lowest BCUT2D eigenvalue weighted by Crippen LogP contribution is -2.57. The number of β-lactam (4-membered cyclic amide) rings is 1. The number of thiazole rings is 1. The second-order valence-electron chi connectivity index (χ2n) is 17.3. The number of nitrogens with one attached hydrogen (secondary N) is 2. The van der Waals surface area contributed by atoms with Gasteiger partial charge in [-0.15, -0.1) is 40.0 Å². The van der Waals surface area contributed by atoms with Crippen molar-refractivity contribution in [2.75, 3.05) is 10.4 Å². The number of carbonyl (C=O) groups excluding carboxylic acids is 4. The van der Waals surface area contributed by atoms with Gasteiger partial charge in [0.15, 0.2) is 16.9 Å². The molecule has 0 radical (unpaired) electrons. The number of benzene rings is 5. The molecule has 4 heterocycles. The van der Waals surface area contributed by atoms with Crippen molar-refractivity contribution in [1.29, 1.82) is 0 Å². The summed E-state index contributed by atoms with van der Waals surface area (Å²) in [5.74, 6) is -1.73. The van der Waals surface area contributed by atoms with Crippen molar-refractivity contribution in [1.82, 2.24) is 30.2 Å². The van der Waals surface area contributed by atoms with Gasteiger partial charge in [-0.2, -0.15) is 0 Å². The number of thioether (sulfide) groups is 3. The standard InChI is InChI=1S/C53H48N8O7S4/c1-52(2,3)67-51(65)56-50-54-39(32-69-50)43(58-68-53(36-24-14-7-15-25-36,37-26-16-8-17-27-37)38-28-18-9-19-29-38)47(63)55-48-46(71-33-70-40-31-60(4)59-57-40)44(61-41(62)30-42(61)72-48)49(64)66-45(34-20-10-5-11-21-34)35-22-12-6-13-23-35/h5-29,31-32,42,45,48H,30,33H2,1-4H3,(H,55,63)(H,54,56,65)/b58-43-/t42-,48?/m1/s1. The van der Waals surface area contributed by atoms with Crippen molar-refractivity contribution in [3.63, 3.8) is 0 Å². The summed E-state index contributed by atoms with van der Waals surface area (Å²) in [6, 6.07) is 47.4. The van der Waals surface area contributed by atoms with Crippen LogP contribution >= 0.6 is 46.6 Å². The van der Waals surface area contributed by atoms with Crippen LogP contribution in [0.2, 0.25) is 0 Å². The topological polar surface area (TPSA) is 179 Å². The molecular formula is C53H48N8O7S4. The lowest BCUT2D eigenvalue weighted by atomic mass is 9.80. The zero-order valence-corrected chi connectivity index (χ0v) is 42.7. The Morgan fingerprint density at radius 2 is 1.36 bits per heavy atom. The third-order valence-corrected chi connectivity index (χ3v) is 15.6. The van der Waals surface area contributed by atoms with Crippen LogP contribution in [0.5, 0.6) is 0 Å². The van der Waals surface area contributed by atoms with Gasteiger partial charge in [-0.25, -0.2) is 14.6 Å². The average Bonchev–Trinajstić information content (AvgIpc) is 4.03. The largest absolute Gasteiger partial charge is 0.448 e. The van der Waals surface area contributed by atoms with Crippen LogP contribution in [0.3, 0.4) is 0 Å². The van der Waals surface area contributed by atoms with Crippen LogP contribution < -0.4 is 10.6 Å². The number of rotatable bonds is 17.